The molecule has 4 nitrogen and oxygen atoms in total. The van der Waals surface area contributed by atoms with E-state index in [1.807, 2.05) is 6.92 Å². The van der Waals surface area contributed by atoms with E-state index in [1.54, 1.807) is 0 Å². The van der Waals surface area contributed by atoms with Gasteiger partial charge in [-0.15, -0.1) is 0 Å². The molecule has 192 valence electrons. The molecule has 4 fully saturated rings. The number of aliphatic hydroxyl groups excluding tert-OH is 1. The minimum Gasteiger partial charge on any atom is -0.481 e. The number of hydrogen-bond acceptors (Lipinski definition) is 3. The monoisotopic (exact) mass is 472 g/mol. The first-order chi connectivity index (χ1) is 15.6. The summed E-state index contributed by atoms with van der Waals surface area (Å²) in [5.74, 6) is 0.107. The van der Waals surface area contributed by atoms with Gasteiger partial charge < -0.3 is 15.3 Å². The topological polar surface area (TPSA) is 77.8 Å². The Kier molecular flexibility index (Phi) is 5.20. The summed E-state index contributed by atoms with van der Waals surface area (Å²) < 4.78 is 0. The number of rotatable bonds is 1. The van der Waals surface area contributed by atoms with E-state index in [-0.39, 0.29) is 39.6 Å². The second-order valence-corrected chi connectivity index (χ2v) is 14.9. The predicted octanol–water partition coefficient (Wildman–Crippen LogP) is 6.20. The average Bonchev–Trinajstić information content (AvgIpc) is 2.69. The van der Waals surface area contributed by atoms with Crippen LogP contribution in [0.3, 0.4) is 0 Å². The Labute approximate surface area is 206 Å². The van der Waals surface area contributed by atoms with E-state index in [9.17, 15) is 20.1 Å². The summed E-state index contributed by atoms with van der Waals surface area (Å²) in [7, 11) is 0. The minimum absolute atomic E-state index is 0.0386. The first-order valence-electron chi connectivity index (χ1n) is 13.9. The van der Waals surface area contributed by atoms with Crippen LogP contribution in [-0.4, -0.2) is 33.0 Å². The van der Waals surface area contributed by atoms with Crippen molar-refractivity contribution >= 4 is 5.97 Å². The molecule has 3 N–H and O–H groups in total. The van der Waals surface area contributed by atoms with Gasteiger partial charge in [-0.25, -0.2) is 0 Å². The third-order valence-corrected chi connectivity index (χ3v) is 13.1. The van der Waals surface area contributed by atoms with Gasteiger partial charge in [0.2, 0.25) is 0 Å². The molecule has 0 aliphatic heterocycles. The molecule has 2 unspecified atom stereocenters. The molecule has 0 aromatic carbocycles. The zero-order valence-electron chi connectivity index (χ0n) is 22.6. The molecule has 5 rings (SSSR count). The Morgan fingerprint density at radius 1 is 0.941 bits per heavy atom. The summed E-state index contributed by atoms with van der Waals surface area (Å²) in [5, 5.41) is 33.4. The van der Waals surface area contributed by atoms with Crippen molar-refractivity contribution < 1.29 is 20.1 Å². The number of aliphatic carboxylic acids is 1. The molecule has 0 aromatic rings. The number of allylic oxidation sites excluding steroid dienone is 1. The molecule has 10 atom stereocenters. The number of aliphatic hydroxyl groups is 2. The number of carboxylic acid groups (broad SMARTS) is 1. The van der Waals surface area contributed by atoms with E-state index < -0.39 is 17.0 Å². The molecular weight excluding hydrogens is 424 g/mol. The average molecular weight is 473 g/mol. The van der Waals surface area contributed by atoms with Crippen LogP contribution in [0.5, 0.6) is 0 Å². The highest BCUT2D eigenvalue weighted by Gasteiger charge is 2.71. The molecule has 0 spiro atoms. The maximum atomic E-state index is 12.8. The van der Waals surface area contributed by atoms with Crippen molar-refractivity contribution in [3.63, 3.8) is 0 Å². The molecule has 0 bridgehead atoms. The normalized spacial score (nSPS) is 56.3. The van der Waals surface area contributed by atoms with Gasteiger partial charge in [0.25, 0.3) is 0 Å². The van der Waals surface area contributed by atoms with Crippen LogP contribution < -0.4 is 0 Å². The van der Waals surface area contributed by atoms with Crippen molar-refractivity contribution in [2.24, 2.45) is 50.7 Å². The largest absolute Gasteiger partial charge is 0.481 e. The smallest absolute Gasteiger partial charge is 0.310 e. The molecule has 0 amide bonds. The molecular formula is C30H48O4. The molecule has 0 saturated heterocycles. The van der Waals surface area contributed by atoms with Crippen LogP contribution in [0.4, 0.5) is 0 Å². The highest BCUT2D eigenvalue weighted by atomic mass is 16.4. The Morgan fingerprint density at radius 2 is 1.62 bits per heavy atom. The van der Waals surface area contributed by atoms with Crippen molar-refractivity contribution in [1.82, 2.24) is 0 Å². The van der Waals surface area contributed by atoms with Gasteiger partial charge in [-0.05, 0) is 104 Å². The summed E-state index contributed by atoms with van der Waals surface area (Å²) in [6.07, 6.45) is 10.1. The second kappa shape index (κ2) is 7.12. The Hall–Kier alpha value is -0.870. The third-order valence-electron chi connectivity index (χ3n) is 13.1. The highest BCUT2D eigenvalue weighted by Crippen LogP contribution is 2.76. The lowest BCUT2D eigenvalue weighted by Gasteiger charge is -2.71. The van der Waals surface area contributed by atoms with Crippen molar-refractivity contribution in [3.05, 3.63) is 11.6 Å². The quantitative estimate of drug-likeness (QED) is 0.397. The van der Waals surface area contributed by atoms with Crippen molar-refractivity contribution in [2.45, 2.75) is 118 Å². The van der Waals surface area contributed by atoms with Gasteiger partial charge >= 0.3 is 5.97 Å². The van der Waals surface area contributed by atoms with Crippen LogP contribution in [-0.2, 0) is 4.79 Å². The molecule has 0 radical (unpaired) electrons. The van der Waals surface area contributed by atoms with E-state index in [4.69, 9.17) is 0 Å². The lowest BCUT2D eigenvalue weighted by atomic mass is 9.33. The van der Waals surface area contributed by atoms with Crippen molar-refractivity contribution in [2.75, 3.05) is 0 Å². The van der Waals surface area contributed by atoms with E-state index >= 15 is 0 Å². The van der Waals surface area contributed by atoms with Crippen LogP contribution in [0, 0.1) is 50.7 Å². The Bertz CT molecular complexity index is 919. The van der Waals surface area contributed by atoms with Crippen LogP contribution in [0.15, 0.2) is 11.6 Å². The lowest BCUT2D eigenvalue weighted by molar-refractivity contribution is -0.214. The number of hydrogen-bond donors (Lipinski definition) is 3. The number of fused-ring (bicyclic) bond motifs is 7. The molecule has 4 heteroatoms. The van der Waals surface area contributed by atoms with Gasteiger partial charge in [-0.1, -0.05) is 53.2 Å². The highest BCUT2D eigenvalue weighted by molar-refractivity contribution is 5.77. The second-order valence-electron chi connectivity index (χ2n) is 14.9. The summed E-state index contributed by atoms with van der Waals surface area (Å²) in [6, 6.07) is 0. The zero-order valence-corrected chi connectivity index (χ0v) is 22.6. The van der Waals surface area contributed by atoms with Crippen LogP contribution in [0.1, 0.15) is 106 Å². The summed E-state index contributed by atoms with van der Waals surface area (Å²) in [4.78, 5) is 12.8. The van der Waals surface area contributed by atoms with Crippen LogP contribution in [0.2, 0.25) is 0 Å². The van der Waals surface area contributed by atoms with E-state index in [2.05, 4.69) is 47.6 Å². The maximum Gasteiger partial charge on any atom is 0.310 e. The lowest BCUT2D eigenvalue weighted by Crippen LogP contribution is -2.67. The molecule has 5 aliphatic rings. The Balaban J connectivity index is 1.65. The predicted molar refractivity (Wildman–Crippen MR) is 134 cm³/mol. The molecule has 0 aromatic heterocycles. The van der Waals surface area contributed by atoms with E-state index in [0.717, 1.165) is 38.5 Å². The molecule has 5 aliphatic carbocycles. The van der Waals surface area contributed by atoms with Crippen molar-refractivity contribution in [1.29, 1.82) is 0 Å². The van der Waals surface area contributed by atoms with Gasteiger partial charge in [0.1, 0.15) is 0 Å². The Morgan fingerprint density at radius 3 is 2.26 bits per heavy atom. The van der Waals surface area contributed by atoms with E-state index in [0.29, 0.717) is 24.7 Å². The molecule has 0 heterocycles. The summed E-state index contributed by atoms with van der Waals surface area (Å²) >= 11 is 0. The van der Waals surface area contributed by atoms with Crippen LogP contribution >= 0.6 is 0 Å². The fourth-order valence-electron chi connectivity index (χ4n) is 11.1. The standard InChI is InChI=1S/C30H48O4/c1-18-10-13-30(24(32)33)15-14-27(5)20(23(30)29(18,7)34)8-9-22-26(4)17-19(31)16-25(2,3)21(26)11-12-28(22,27)6/h8,18-19,21-23,31,34H,9-17H2,1-7H3,(H,32,33)/t18-,19+,21?,22?,23-,26+,27-,28-,29-,30+/m1/s1. The van der Waals surface area contributed by atoms with Gasteiger partial charge in [-0.2, -0.15) is 0 Å². The number of carbonyl (C=O) groups is 1. The number of carboxylic acids is 1. The fraction of sp³-hybridized carbons (Fsp3) is 0.900. The van der Waals surface area contributed by atoms with Gasteiger partial charge in [-0.3, -0.25) is 4.79 Å². The zero-order chi connectivity index (χ0) is 25.1. The molecule has 34 heavy (non-hydrogen) atoms. The van der Waals surface area contributed by atoms with Gasteiger partial charge in [0, 0.05) is 5.92 Å². The maximum absolute atomic E-state index is 12.8. The van der Waals surface area contributed by atoms with Crippen LogP contribution in [0.25, 0.3) is 0 Å². The summed E-state index contributed by atoms with van der Waals surface area (Å²) in [6.45, 7) is 16.1. The SMILES string of the molecule is C[C@@H]1CC[C@]2(C(=O)O)CC[C@]3(C)C(=CCC4[C@@]5(C)C[C@@H](O)CC(C)(C)C5CC[C@]43C)[C@@H]2[C@]1(C)O. The first kappa shape index (κ1) is 24.8. The first-order valence-corrected chi connectivity index (χ1v) is 13.9. The minimum atomic E-state index is -1.02. The molecule has 4 saturated carbocycles. The van der Waals surface area contributed by atoms with Gasteiger partial charge in [0.05, 0.1) is 17.1 Å². The van der Waals surface area contributed by atoms with E-state index in [1.165, 1.54) is 12.0 Å². The van der Waals surface area contributed by atoms with Crippen molar-refractivity contribution in [3.8, 4) is 0 Å². The summed E-state index contributed by atoms with van der Waals surface area (Å²) in [5.41, 5.74) is -0.506. The fourth-order valence-corrected chi connectivity index (χ4v) is 11.1. The van der Waals surface area contributed by atoms with Gasteiger partial charge in [0.15, 0.2) is 0 Å². The third kappa shape index (κ3) is 2.82.